The van der Waals surface area contributed by atoms with Crippen molar-refractivity contribution in [3.05, 3.63) is 59.9 Å². The second-order valence-corrected chi connectivity index (χ2v) is 9.03. The van der Waals surface area contributed by atoms with Crippen LogP contribution in [0, 0.1) is 11.7 Å². The predicted molar refractivity (Wildman–Crippen MR) is 112 cm³/mol. The van der Waals surface area contributed by atoms with Crippen molar-refractivity contribution in [3.63, 3.8) is 0 Å². The number of benzene rings is 2. The van der Waals surface area contributed by atoms with E-state index in [1.54, 1.807) is 23.5 Å². The zero-order chi connectivity index (χ0) is 17.2. The van der Waals surface area contributed by atoms with E-state index in [1.807, 2.05) is 30.0 Å². The minimum Gasteiger partial charge on any atom is -0.306 e. The summed E-state index contributed by atoms with van der Waals surface area (Å²) in [6.45, 7) is 2.18. The van der Waals surface area contributed by atoms with Crippen LogP contribution < -0.4 is 0 Å². The number of thioether (sulfide) groups is 1. The average molecular weight is 409 g/mol. The van der Waals surface area contributed by atoms with E-state index in [0.29, 0.717) is 11.8 Å². The van der Waals surface area contributed by atoms with Gasteiger partial charge in [0.25, 0.3) is 0 Å². The summed E-state index contributed by atoms with van der Waals surface area (Å²) in [4.78, 5) is 7.15. The van der Waals surface area contributed by atoms with Crippen molar-refractivity contribution in [3.8, 4) is 0 Å². The molecule has 138 valence electrons. The lowest BCUT2D eigenvalue weighted by Gasteiger charge is -2.37. The van der Waals surface area contributed by atoms with Gasteiger partial charge < -0.3 is 4.90 Å². The third-order valence-electron chi connectivity index (χ3n) is 4.93. The standard InChI is InChI=1S/C20H21FN2S2.ClH/c1-23-11-10-17(14-6-8-16(21)9-7-14)15(12-23)13-24-20-22-18-4-2-3-5-19(18)25-20;/h2-9,15,17H,10-13H2,1H3;1H/t15-,17-;/m1./s1. The van der Waals surface area contributed by atoms with Crippen LogP contribution in [0.1, 0.15) is 17.9 Å². The van der Waals surface area contributed by atoms with E-state index in [4.69, 9.17) is 4.98 Å². The quantitative estimate of drug-likeness (QED) is 0.516. The molecular weight excluding hydrogens is 387 g/mol. The Hall–Kier alpha value is -1.14. The smallest absolute Gasteiger partial charge is 0.151 e. The number of thiazole rings is 1. The number of para-hydroxylation sites is 1. The lowest BCUT2D eigenvalue weighted by atomic mass is 9.81. The van der Waals surface area contributed by atoms with Crippen molar-refractivity contribution in [1.29, 1.82) is 0 Å². The summed E-state index contributed by atoms with van der Waals surface area (Å²) < 4.78 is 15.7. The molecule has 1 aliphatic rings. The second-order valence-electron chi connectivity index (χ2n) is 6.73. The SMILES string of the molecule is CN1CC[C@H](c2ccc(F)cc2)[C@@H](CSc2nc3ccccc3s2)C1.Cl. The number of nitrogens with zero attached hydrogens (tertiary/aromatic N) is 2. The first kappa shape index (κ1) is 19.6. The number of halogens is 2. The lowest BCUT2D eigenvalue weighted by molar-refractivity contribution is 0.198. The van der Waals surface area contributed by atoms with Gasteiger partial charge in [0.1, 0.15) is 5.82 Å². The maximum absolute atomic E-state index is 13.3. The predicted octanol–water partition coefficient (Wildman–Crippen LogP) is 5.68. The Morgan fingerprint density at radius 2 is 1.96 bits per heavy atom. The maximum Gasteiger partial charge on any atom is 0.151 e. The van der Waals surface area contributed by atoms with E-state index in [2.05, 4.69) is 30.1 Å². The fourth-order valence-electron chi connectivity index (χ4n) is 3.62. The summed E-state index contributed by atoms with van der Waals surface area (Å²) >= 11 is 3.64. The molecule has 2 aromatic carbocycles. The molecule has 2 atom stereocenters. The molecule has 0 spiro atoms. The van der Waals surface area contributed by atoms with Gasteiger partial charge in [-0.05, 0) is 61.7 Å². The molecule has 26 heavy (non-hydrogen) atoms. The van der Waals surface area contributed by atoms with Crippen LogP contribution in [-0.2, 0) is 0 Å². The Labute approximate surface area is 168 Å². The van der Waals surface area contributed by atoms with Crippen LogP contribution in [0.25, 0.3) is 10.2 Å². The molecule has 0 N–H and O–H groups in total. The van der Waals surface area contributed by atoms with Gasteiger partial charge in [-0.3, -0.25) is 0 Å². The van der Waals surface area contributed by atoms with Gasteiger partial charge in [0.15, 0.2) is 4.34 Å². The Morgan fingerprint density at radius 3 is 2.73 bits per heavy atom. The van der Waals surface area contributed by atoms with Crippen LogP contribution in [0.2, 0.25) is 0 Å². The average Bonchev–Trinajstić information content (AvgIpc) is 3.04. The third kappa shape index (κ3) is 4.39. The van der Waals surface area contributed by atoms with Gasteiger partial charge in [-0.15, -0.1) is 23.7 Å². The highest BCUT2D eigenvalue weighted by atomic mass is 35.5. The second kappa shape index (κ2) is 8.70. The normalized spacial score (nSPS) is 20.8. The summed E-state index contributed by atoms with van der Waals surface area (Å²) in [5.41, 5.74) is 2.36. The molecule has 6 heteroatoms. The third-order valence-corrected chi connectivity index (χ3v) is 7.30. The largest absolute Gasteiger partial charge is 0.306 e. The van der Waals surface area contributed by atoms with Gasteiger partial charge in [0.2, 0.25) is 0 Å². The highest BCUT2D eigenvalue weighted by Gasteiger charge is 2.29. The minimum atomic E-state index is -0.155. The molecule has 1 saturated heterocycles. The van der Waals surface area contributed by atoms with E-state index >= 15 is 0 Å². The highest BCUT2D eigenvalue weighted by molar-refractivity contribution is 8.01. The lowest BCUT2D eigenvalue weighted by Crippen LogP contribution is -2.38. The number of hydrogen-bond acceptors (Lipinski definition) is 4. The summed E-state index contributed by atoms with van der Waals surface area (Å²) in [7, 11) is 2.19. The van der Waals surface area contributed by atoms with Crippen LogP contribution in [-0.4, -0.2) is 35.8 Å². The van der Waals surface area contributed by atoms with E-state index in [1.165, 1.54) is 10.3 Å². The number of rotatable bonds is 4. The Balaban J connectivity index is 0.00000196. The fourth-order valence-corrected chi connectivity index (χ4v) is 5.89. The van der Waals surface area contributed by atoms with E-state index in [0.717, 1.165) is 35.1 Å². The molecule has 0 aliphatic carbocycles. The van der Waals surface area contributed by atoms with E-state index < -0.39 is 0 Å². The molecule has 0 amide bonds. The van der Waals surface area contributed by atoms with Crippen molar-refractivity contribution in [2.75, 3.05) is 25.9 Å². The van der Waals surface area contributed by atoms with Gasteiger partial charge in [-0.25, -0.2) is 9.37 Å². The van der Waals surface area contributed by atoms with Gasteiger partial charge in [-0.1, -0.05) is 36.0 Å². The molecular formula is C20H22ClFN2S2. The van der Waals surface area contributed by atoms with Crippen molar-refractivity contribution < 1.29 is 4.39 Å². The monoisotopic (exact) mass is 408 g/mol. The van der Waals surface area contributed by atoms with Crippen molar-refractivity contribution in [2.24, 2.45) is 5.92 Å². The first-order chi connectivity index (χ1) is 12.2. The minimum absolute atomic E-state index is 0. The van der Waals surface area contributed by atoms with Crippen molar-refractivity contribution in [1.82, 2.24) is 9.88 Å². The molecule has 0 unspecified atom stereocenters. The molecule has 0 radical (unpaired) electrons. The van der Waals surface area contributed by atoms with Gasteiger partial charge >= 0.3 is 0 Å². The van der Waals surface area contributed by atoms with Crippen LogP contribution in [0.5, 0.6) is 0 Å². The molecule has 4 rings (SSSR count). The van der Waals surface area contributed by atoms with Gasteiger partial charge in [0.05, 0.1) is 10.2 Å². The summed E-state index contributed by atoms with van der Waals surface area (Å²) in [6, 6.07) is 15.4. The molecule has 3 aromatic rings. The summed E-state index contributed by atoms with van der Waals surface area (Å²) in [5, 5.41) is 0. The number of likely N-dealkylation sites (tertiary alicyclic amines) is 1. The molecule has 0 saturated carbocycles. The number of piperidine rings is 1. The fraction of sp³-hybridized carbons (Fsp3) is 0.350. The van der Waals surface area contributed by atoms with Gasteiger partial charge in [-0.2, -0.15) is 0 Å². The zero-order valence-electron chi connectivity index (χ0n) is 14.6. The van der Waals surface area contributed by atoms with Crippen LogP contribution >= 0.6 is 35.5 Å². The number of aromatic nitrogens is 1. The van der Waals surface area contributed by atoms with E-state index in [-0.39, 0.29) is 18.2 Å². The Morgan fingerprint density at radius 1 is 1.19 bits per heavy atom. The Kier molecular flexibility index (Phi) is 6.56. The van der Waals surface area contributed by atoms with Crippen LogP contribution in [0.4, 0.5) is 4.39 Å². The van der Waals surface area contributed by atoms with Gasteiger partial charge in [0, 0.05) is 12.3 Å². The molecule has 1 aliphatic heterocycles. The van der Waals surface area contributed by atoms with Crippen molar-refractivity contribution >= 4 is 45.7 Å². The first-order valence-corrected chi connectivity index (χ1v) is 10.4. The summed E-state index contributed by atoms with van der Waals surface area (Å²) in [5.74, 6) is 1.95. The molecule has 2 nitrogen and oxygen atoms in total. The maximum atomic E-state index is 13.3. The van der Waals surface area contributed by atoms with Crippen molar-refractivity contribution in [2.45, 2.75) is 16.7 Å². The highest BCUT2D eigenvalue weighted by Crippen LogP contribution is 2.38. The topological polar surface area (TPSA) is 16.1 Å². The number of hydrogen-bond donors (Lipinski definition) is 0. The first-order valence-electron chi connectivity index (χ1n) is 8.61. The number of fused-ring (bicyclic) bond motifs is 1. The zero-order valence-corrected chi connectivity index (χ0v) is 17.0. The van der Waals surface area contributed by atoms with Crippen LogP contribution in [0.15, 0.2) is 52.9 Å². The molecule has 1 fully saturated rings. The Bertz CT molecular complexity index is 819. The van der Waals surface area contributed by atoms with E-state index in [9.17, 15) is 4.39 Å². The molecule has 0 bridgehead atoms. The molecule has 1 aromatic heterocycles. The molecule has 2 heterocycles. The van der Waals surface area contributed by atoms with Crippen LogP contribution in [0.3, 0.4) is 0 Å². The summed E-state index contributed by atoms with van der Waals surface area (Å²) in [6.07, 6.45) is 1.13.